The van der Waals surface area contributed by atoms with Crippen molar-refractivity contribution >= 4 is 11.0 Å². The molecule has 0 aliphatic heterocycles. The van der Waals surface area contributed by atoms with Crippen LogP contribution in [0.4, 0.5) is 0 Å². The fourth-order valence-corrected chi connectivity index (χ4v) is 7.84. The van der Waals surface area contributed by atoms with Crippen LogP contribution in [0.15, 0.2) is 158 Å². The Morgan fingerprint density at radius 3 is 1.88 bits per heavy atom. The molecule has 1 N–H and O–H groups in total. The summed E-state index contributed by atoms with van der Waals surface area (Å²) in [4.78, 5) is 10.3. The van der Waals surface area contributed by atoms with Gasteiger partial charge in [-0.15, -0.1) is 0 Å². The summed E-state index contributed by atoms with van der Waals surface area (Å²) in [6.45, 7) is 15.4. The van der Waals surface area contributed by atoms with Crippen LogP contribution in [0.3, 0.4) is 0 Å². The summed E-state index contributed by atoms with van der Waals surface area (Å²) in [6.07, 6.45) is 1.85. The molecule has 6 aromatic carbocycles. The molecule has 0 amide bonds. The molecule has 1 atom stereocenters. The fraction of sp³-hybridized carbons (Fsp3) is 0.192. The molecule has 56 heavy (non-hydrogen) atoms. The summed E-state index contributed by atoms with van der Waals surface area (Å²) in [5.41, 5.74) is 14.0. The lowest BCUT2D eigenvalue weighted by molar-refractivity contribution is 0.446. The third-order valence-electron chi connectivity index (χ3n) is 11.0. The number of pyridine rings is 1. The molecule has 4 nitrogen and oxygen atoms in total. The van der Waals surface area contributed by atoms with Crippen molar-refractivity contribution in [1.82, 2.24) is 14.5 Å². The molecule has 0 aliphatic carbocycles. The van der Waals surface area contributed by atoms with Gasteiger partial charge in [-0.05, 0) is 98.8 Å². The van der Waals surface area contributed by atoms with E-state index in [1.807, 2.05) is 24.4 Å². The van der Waals surface area contributed by atoms with Crippen molar-refractivity contribution < 1.29 is 5.11 Å². The van der Waals surface area contributed by atoms with Crippen molar-refractivity contribution in [3.8, 4) is 56.3 Å². The highest BCUT2D eigenvalue weighted by Crippen LogP contribution is 2.45. The maximum absolute atomic E-state index is 12.2. The molecule has 0 bridgehead atoms. The number of fused-ring (bicyclic) bond motifs is 1. The summed E-state index contributed by atoms with van der Waals surface area (Å²) >= 11 is 0. The Morgan fingerprint density at radius 2 is 1.20 bits per heavy atom. The maximum Gasteiger partial charge on any atom is 0.149 e. The molecule has 0 radical (unpaired) electrons. The molecule has 0 saturated heterocycles. The summed E-state index contributed by atoms with van der Waals surface area (Å²) in [5.74, 6) is 1.16. The van der Waals surface area contributed by atoms with Crippen molar-refractivity contribution in [2.24, 2.45) is 0 Å². The number of benzene rings is 6. The maximum atomic E-state index is 12.2. The monoisotopic (exact) mass is 731 g/mol. The normalized spacial score (nSPS) is 12.6. The zero-order chi connectivity index (χ0) is 39.2. The number of phenolic OH excluding ortho intramolecular Hbond substituents is 1. The second kappa shape index (κ2) is 14.4. The predicted molar refractivity (Wildman–Crippen MR) is 234 cm³/mol. The lowest BCUT2D eigenvalue weighted by Gasteiger charge is -2.27. The summed E-state index contributed by atoms with van der Waals surface area (Å²) in [5, 5.41) is 12.2. The van der Waals surface area contributed by atoms with E-state index in [0.29, 0.717) is 5.82 Å². The van der Waals surface area contributed by atoms with Gasteiger partial charge < -0.3 is 5.11 Å². The number of aromatic nitrogens is 3. The summed E-state index contributed by atoms with van der Waals surface area (Å²) in [7, 11) is 0. The number of imidazole rings is 1. The highest BCUT2D eigenvalue weighted by Gasteiger charge is 2.29. The molecular weight excluding hydrogens is 683 g/mol. The van der Waals surface area contributed by atoms with E-state index in [-0.39, 0.29) is 22.5 Å². The van der Waals surface area contributed by atoms with Crippen LogP contribution in [0.5, 0.6) is 5.75 Å². The van der Waals surface area contributed by atoms with E-state index in [9.17, 15) is 5.11 Å². The Morgan fingerprint density at radius 1 is 0.571 bits per heavy atom. The van der Waals surface area contributed by atoms with Gasteiger partial charge in [-0.3, -0.25) is 9.55 Å². The molecule has 0 fully saturated rings. The average molecular weight is 732 g/mol. The first-order valence-corrected chi connectivity index (χ1v) is 19.5. The zero-order valence-electron chi connectivity index (χ0n) is 33.4. The van der Waals surface area contributed by atoms with E-state index in [1.165, 1.54) is 16.7 Å². The lowest BCUT2D eigenvalue weighted by atomic mass is 9.79. The third-order valence-corrected chi connectivity index (χ3v) is 11.0. The summed E-state index contributed by atoms with van der Waals surface area (Å²) < 4.78 is 2.20. The van der Waals surface area contributed by atoms with E-state index in [0.717, 1.165) is 61.4 Å². The van der Waals surface area contributed by atoms with Crippen LogP contribution in [0.25, 0.3) is 61.6 Å². The van der Waals surface area contributed by atoms with Gasteiger partial charge in [0.15, 0.2) is 0 Å². The van der Waals surface area contributed by atoms with Crippen molar-refractivity contribution in [3.05, 3.63) is 180 Å². The third kappa shape index (κ3) is 6.92. The SMILES string of the molecule is CC(c1ccccc1)c1ccccc1-c1cc(-c2ccccn2)cc(-c2cccc3c2nc(-c2cc(C(C)(C)C)cc(C(C)(C)C)c2O)n3-c2ccccc2)c1. The van der Waals surface area contributed by atoms with Gasteiger partial charge in [0.25, 0.3) is 0 Å². The van der Waals surface area contributed by atoms with Gasteiger partial charge in [-0.2, -0.15) is 0 Å². The Hall–Kier alpha value is -6.26. The molecule has 0 spiro atoms. The largest absolute Gasteiger partial charge is 0.507 e. The molecule has 8 rings (SSSR count). The van der Waals surface area contributed by atoms with Crippen LogP contribution in [0.2, 0.25) is 0 Å². The van der Waals surface area contributed by atoms with Gasteiger partial charge in [-0.1, -0.05) is 146 Å². The van der Waals surface area contributed by atoms with Crippen LogP contribution >= 0.6 is 0 Å². The number of rotatable bonds is 7. The highest BCUT2D eigenvalue weighted by molar-refractivity contribution is 5.97. The quantitative estimate of drug-likeness (QED) is 0.178. The zero-order valence-corrected chi connectivity index (χ0v) is 33.4. The standard InChI is InChI=1S/C52H49N3O/c1-34(35-19-10-8-11-20-35)41-23-14-15-24-42(41)36-29-37(31-38(30-36)46-26-16-17-28-53-46)43-25-18-27-47-48(43)54-50(55(47)40-21-12-9-13-22-40)44-32-39(51(2,3)4)33-45(49(44)56)52(5,6)7/h8-34,56H,1-7H3. The number of hydrogen-bond acceptors (Lipinski definition) is 3. The van der Waals surface area contributed by atoms with Gasteiger partial charge >= 0.3 is 0 Å². The first-order valence-electron chi connectivity index (χ1n) is 19.5. The van der Waals surface area contributed by atoms with Gasteiger partial charge in [0.1, 0.15) is 11.6 Å². The molecular formula is C52H49N3O. The Bertz CT molecular complexity index is 2660. The number of para-hydroxylation sites is 2. The molecule has 278 valence electrons. The first-order chi connectivity index (χ1) is 26.9. The van der Waals surface area contributed by atoms with Crippen molar-refractivity contribution in [1.29, 1.82) is 0 Å². The average Bonchev–Trinajstić information content (AvgIpc) is 3.60. The molecule has 0 saturated carbocycles. The number of phenols is 1. The molecule has 2 aromatic heterocycles. The summed E-state index contributed by atoms with van der Waals surface area (Å²) in [6, 6.07) is 53.4. The number of hydrogen-bond donors (Lipinski definition) is 1. The van der Waals surface area contributed by atoms with Crippen LogP contribution in [0, 0.1) is 0 Å². The Balaban J connectivity index is 1.41. The van der Waals surface area contributed by atoms with Crippen LogP contribution in [-0.2, 0) is 10.8 Å². The van der Waals surface area contributed by atoms with Crippen molar-refractivity contribution in [3.63, 3.8) is 0 Å². The first kappa shape index (κ1) is 36.7. The number of nitrogens with zero attached hydrogens (tertiary/aromatic N) is 3. The Kier molecular flexibility index (Phi) is 9.46. The minimum absolute atomic E-state index is 0.145. The predicted octanol–water partition coefficient (Wildman–Crippen LogP) is 13.5. The van der Waals surface area contributed by atoms with Gasteiger partial charge in [-0.25, -0.2) is 4.98 Å². The van der Waals surface area contributed by atoms with E-state index >= 15 is 0 Å². The minimum atomic E-state index is -0.286. The second-order valence-electron chi connectivity index (χ2n) is 16.9. The van der Waals surface area contributed by atoms with Gasteiger partial charge in [0, 0.05) is 34.5 Å². The van der Waals surface area contributed by atoms with Crippen molar-refractivity contribution in [2.75, 3.05) is 0 Å². The topological polar surface area (TPSA) is 50.9 Å². The van der Waals surface area contributed by atoms with E-state index < -0.39 is 0 Å². The Labute approximate surface area is 331 Å². The second-order valence-corrected chi connectivity index (χ2v) is 16.9. The fourth-order valence-electron chi connectivity index (χ4n) is 7.84. The van der Waals surface area contributed by atoms with Crippen molar-refractivity contribution in [2.45, 2.75) is 65.2 Å². The van der Waals surface area contributed by atoms with Crippen LogP contribution < -0.4 is 0 Å². The van der Waals surface area contributed by atoms with E-state index in [1.54, 1.807) is 0 Å². The molecule has 1 unspecified atom stereocenters. The van der Waals surface area contributed by atoms with E-state index in [4.69, 9.17) is 9.97 Å². The molecule has 4 heteroatoms. The number of aromatic hydroxyl groups is 1. The molecule has 2 heterocycles. The van der Waals surface area contributed by atoms with Crippen LogP contribution in [-0.4, -0.2) is 19.6 Å². The highest BCUT2D eigenvalue weighted by atomic mass is 16.3. The van der Waals surface area contributed by atoms with E-state index in [2.05, 4.69) is 186 Å². The molecule has 0 aliphatic rings. The van der Waals surface area contributed by atoms with Crippen LogP contribution in [0.1, 0.15) is 76.6 Å². The lowest BCUT2D eigenvalue weighted by Crippen LogP contribution is -2.17. The smallest absolute Gasteiger partial charge is 0.149 e. The van der Waals surface area contributed by atoms with Gasteiger partial charge in [0.2, 0.25) is 0 Å². The van der Waals surface area contributed by atoms with Gasteiger partial charge in [0.05, 0.1) is 22.3 Å². The minimum Gasteiger partial charge on any atom is -0.507 e. The molecule has 8 aromatic rings.